The van der Waals surface area contributed by atoms with E-state index in [1.165, 1.54) is 5.56 Å². The van der Waals surface area contributed by atoms with Crippen LogP contribution in [0, 0.1) is 5.92 Å². The van der Waals surface area contributed by atoms with Gasteiger partial charge in [0.25, 0.3) is 0 Å². The van der Waals surface area contributed by atoms with Gasteiger partial charge >= 0.3 is 5.97 Å². The first kappa shape index (κ1) is 21.8. The number of hydrogen-bond acceptors (Lipinski definition) is 5. The second kappa shape index (κ2) is 10.2. The van der Waals surface area contributed by atoms with Crippen LogP contribution in [-0.4, -0.2) is 46.3 Å². The van der Waals surface area contributed by atoms with E-state index in [2.05, 4.69) is 27.4 Å². The molecule has 0 bridgehead atoms. The molecular weight excluding hydrogens is 404 g/mol. The van der Waals surface area contributed by atoms with E-state index in [1.54, 1.807) is 23.9 Å². The summed E-state index contributed by atoms with van der Waals surface area (Å²) in [4.78, 5) is 27.4. The van der Waals surface area contributed by atoms with Gasteiger partial charge in [0, 0.05) is 19.3 Å². The van der Waals surface area contributed by atoms with E-state index in [9.17, 15) is 9.59 Å². The summed E-state index contributed by atoms with van der Waals surface area (Å²) in [5.41, 5.74) is 2.86. The van der Waals surface area contributed by atoms with Crippen LogP contribution in [0.25, 0.3) is 5.69 Å². The third kappa shape index (κ3) is 5.23. The van der Waals surface area contributed by atoms with E-state index in [-0.39, 0.29) is 17.5 Å². The second-order valence-corrected chi connectivity index (χ2v) is 7.93. The van der Waals surface area contributed by atoms with Crippen LogP contribution >= 0.6 is 0 Å². The Morgan fingerprint density at radius 1 is 1.09 bits per heavy atom. The fourth-order valence-corrected chi connectivity index (χ4v) is 4.04. The summed E-state index contributed by atoms with van der Waals surface area (Å²) in [6.45, 7) is 4.63. The topological polar surface area (TPSA) is 76.5 Å². The minimum absolute atomic E-state index is 0.00739. The molecule has 1 saturated heterocycles. The molecule has 2 aromatic carbocycles. The zero-order valence-corrected chi connectivity index (χ0v) is 18.2. The molecule has 0 spiro atoms. The quantitative estimate of drug-likeness (QED) is 0.573. The number of carbonyl (C=O) groups is 2. The normalized spacial score (nSPS) is 16.5. The number of rotatable bonds is 7. The lowest BCUT2D eigenvalue weighted by atomic mass is 9.96. The smallest absolute Gasteiger partial charge is 0.358 e. The number of aromatic nitrogens is 2. The van der Waals surface area contributed by atoms with Gasteiger partial charge in [-0.05, 0) is 50.1 Å². The van der Waals surface area contributed by atoms with Crippen LogP contribution in [-0.2, 0) is 16.1 Å². The molecule has 7 heteroatoms. The molecule has 1 atom stereocenters. The lowest BCUT2D eigenvalue weighted by molar-refractivity contribution is -0.121. The van der Waals surface area contributed by atoms with Crippen LogP contribution in [0.5, 0.6) is 0 Å². The van der Waals surface area contributed by atoms with Crippen molar-refractivity contribution in [3.05, 3.63) is 78.1 Å². The summed E-state index contributed by atoms with van der Waals surface area (Å²) in [6.07, 6.45) is 3.56. The molecular formula is C25H28N4O3. The SMILES string of the molecule is CCOC(=O)c1ccn(-c2ccccc2NC(=O)C2CCCN(Cc3ccccc3)C2)n1. The number of amides is 1. The Kier molecular flexibility index (Phi) is 6.97. The standard InChI is InChI=1S/C25H28N4O3/c1-2-32-25(31)22-14-16-29(27-22)23-13-7-6-12-21(23)26-24(30)20-11-8-15-28(18-20)17-19-9-4-3-5-10-19/h3-7,9-10,12-14,16,20H,2,8,11,15,17-18H2,1H3,(H,26,30). The van der Waals surface area contributed by atoms with Gasteiger partial charge in [0.05, 0.1) is 23.9 Å². The van der Waals surface area contributed by atoms with Crippen LogP contribution in [0.4, 0.5) is 5.69 Å². The Labute approximate surface area is 188 Å². The minimum Gasteiger partial charge on any atom is -0.461 e. The Hall–Kier alpha value is -3.45. The molecule has 3 aromatic rings. The Bertz CT molecular complexity index is 1060. The molecule has 0 radical (unpaired) electrons. The molecule has 7 nitrogen and oxygen atoms in total. The van der Waals surface area contributed by atoms with Gasteiger partial charge in [-0.15, -0.1) is 0 Å². The Morgan fingerprint density at radius 2 is 1.88 bits per heavy atom. The molecule has 1 fully saturated rings. The number of nitrogens with one attached hydrogen (secondary N) is 1. The first-order valence-corrected chi connectivity index (χ1v) is 11.0. The van der Waals surface area contributed by atoms with E-state index in [1.807, 2.05) is 42.5 Å². The predicted octanol–water partition coefficient (Wildman–Crippen LogP) is 3.90. The molecule has 32 heavy (non-hydrogen) atoms. The number of carbonyl (C=O) groups excluding carboxylic acids is 2. The largest absolute Gasteiger partial charge is 0.461 e. The van der Waals surface area contributed by atoms with Gasteiger partial charge in [0.15, 0.2) is 5.69 Å². The fraction of sp³-hybridized carbons (Fsp3) is 0.320. The van der Waals surface area contributed by atoms with Gasteiger partial charge < -0.3 is 10.1 Å². The average Bonchev–Trinajstić information content (AvgIpc) is 3.31. The number of nitrogens with zero attached hydrogens (tertiary/aromatic N) is 3. The van der Waals surface area contributed by atoms with Gasteiger partial charge in [-0.25, -0.2) is 9.48 Å². The second-order valence-electron chi connectivity index (χ2n) is 7.93. The molecule has 1 aliphatic heterocycles. The number of benzene rings is 2. The molecule has 1 aliphatic rings. The van der Waals surface area contributed by atoms with Gasteiger partial charge in [-0.3, -0.25) is 9.69 Å². The number of likely N-dealkylation sites (tertiary alicyclic amines) is 1. The third-order valence-corrected chi connectivity index (χ3v) is 5.61. The molecule has 166 valence electrons. The maximum atomic E-state index is 13.1. The van der Waals surface area contributed by atoms with Crippen LogP contribution < -0.4 is 5.32 Å². The molecule has 0 saturated carbocycles. The Balaban J connectivity index is 1.44. The van der Waals surface area contributed by atoms with Crippen molar-refractivity contribution in [3.8, 4) is 5.69 Å². The molecule has 1 unspecified atom stereocenters. The van der Waals surface area contributed by atoms with Gasteiger partial charge in [0.2, 0.25) is 5.91 Å². The number of anilines is 1. The summed E-state index contributed by atoms with van der Waals surface area (Å²) in [7, 11) is 0. The zero-order chi connectivity index (χ0) is 22.3. The van der Waals surface area contributed by atoms with Crippen molar-refractivity contribution in [2.75, 3.05) is 25.0 Å². The van der Waals surface area contributed by atoms with Crippen LogP contribution in [0.1, 0.15) is 35.8 Å². The highest BCUT2D eigenvalue weighted by atomic mass is 16.5. The average molecular weight is 433 g/mol. The summed E-state index contributed by atoms with van der Waals surface area (Å²) in [5, 5.41) is 7.41. The van der Waals surface area contributed by atoms with Crippen molar-refractivity contribution in [1.82, 2.24) is 14.7 Å². The Morgan fingerprint density at radius 3 is 2.69 bits per heavy atom. The van der Waals surface area contributed by atoms with E-state index in [0.29, 0.717) is 18.0 Å². The van der Waals surface area contributed by atoms with Crippen molar-refractivity contribution in [1.29, 1.82) is 0 Å². The van der Waals surface area contributed by atoms with Crippen molar-refractivity contribution < 1.29 is 14.3 Å². The number of ether oxygens (including phenoxy) is 1. The van der Waals surface area contributed by atoms with E-state index < -0.39 is 5.97 Å². The molecule has 2 heterocycles. The summed E-state index contributed by atoms with van der Waals surface area (Å²) >= 11 is 0. The van der Waals surface area contributed by atoms with Gasteiger partial charge in [-0.2, -0.15) is 5.10 Å². The first-order valence-electron chi connectivity index (χ1n) is 11.0. The lowest BCUT2D eigenvalue weighted by Crippen LogP contribution is -2.40. The minimum atomic E-state index is -0.464. The van der Waals surface area contributed by atoms with E-state index in [4.69, 9.17) is 4.74 Å². The highest BCUT2D eigenvalue weighted by Gasteiger charge is 2.26. The summed E-state index contributed by atoms with van der Waals surface area (Å²) in [5.74, 6) is -0.533. The number of piperidine rings is 1. The predicted molar refractivity (Wildman–Crippen MR) is 123 cm³/mol. The highest BCUT2D eigenvalue weighted by Crippen LogP contribution is 2.24. The summed E-state index contributed by atoms with van der Waals surface area (Å²) in [6, 6.07) is 19.4. The fourth-order valence-electron chi connectivity index (χ4n) is 4.04. The number of hydrogen-bond donors (Lipinski definition) is 1. The van der Waals surface area contributed by atoms with Crippen LogP contribution in [0.3, 0.4) is 0 Å². The molecule has 1 N–H and O–H groups in total. The van der Waals surface area contributed by atoms with Crippen molar-refractivity contribution in [2.24, 2.45) is 5.92 Å². The lowest BCUT2D eigenvalue weighted by Gasteiger charge is -2.32. The molecule has 1 amide bonds. The number of para-hydroxylation sites is 2. The zero-order valence-electron chi connectivity index (χ0n) is 18.2. The van der Waals surface area contributed by atoms with Crippen LogP contribution in [0.2, 0.25) is 0 Å². The van der Waals surface area contributed by atoms with Crippen molar-refractivity contribution >= 4 is 17.6 Å². The van der Waals surface area contributed by atoms with Crippen molar-refractivity contribution in [2.45, 2.75) is 26.3 Å². The molecule has 4 rings (SSSR count). The highest BCUT2D eigenvalue weighted by molar-refractivity contribution is 5.94. The number of esters is 1. The van der Waals surface area contributed by atoms with Gasteiger partial charge in [0.1, 0.15) is 0 Å². The third-order valence-electron chi connectivity index (χ3n) is 5.61. The maximum Gasteiger partial charge on any atom is 0.358 e. The first-order chi connectivity index (χ1) is 15.6. The monoisotopic (exact) mass is 432 g/mol. The van der Waals surface area contributed by atoms with Crippen LogP contribution in [0.15, 0.2) is 66.9 Å². The maximum absolute atomic E-state index is 13.1. The molecule has 0 aliphatic carbocycles. The summed E-state index contributed by atoms with van der Waals surface area (Å²) < 4.78 is 6.60. The van der Waals surface area contributed by atoms with Gasteiger partial charge in [-0.1, -0.05) is 42.5 Å². The van der Waals surface area contributed by atoms with E-state index in [0.717, 1.165) is 32.5 Å². The van der Waals surface area contributed by atoms with Crippen molar-refractivity contribution in [3.63, 3.8) is 0 Å². The molecule has 1 aromatic heterocycles. The van der Waals surface area contributed by atoms with E-state index >= 15 is 0 Å².